The molecule has 0 N–H and O–H groups in total. The van der Waals surface area contributed by atoms with Crippen molar-refractivity contribution in [2.75, 3.05) is 6.61 Å². The summed E-state index contributed by atoms with van der Waals surface area (Å²) in [5.41, 5.74) is 4.89. The molecule has 0 saturated heterocycles. The van der Waals surface area contributed by atoms with E-state index in [4.69, 9.17) is 9.47 Å². The smallest absolute Gasteiger partial charge is 0.119 e. The van der Waals surface area contributed by atoms with Crippen LogP contribution in [0.1, 0.15) is 61.8 Å². The van der Waals surface area contributed by atoms with Crippen molar-refractivity contribution in [3.8, 4) is 11.5 Å². The maximum atomic E-state index is 6.13. The highest BCUT2D eigenvalue weighted by molar-refractivity contribution is 5.42. The third-order valence-electron chi connectivity index (χ3n) is 7.35. The van der Waals surface area contributed by atoms with Gasteiger partial charge in [-0.1, -0.05) is 74.0 Å². The molecule has 0 amide bonds. The van der Waals surface area contributed by atoms with Gasteiger partial charge in [0.15, 0.2) is 0 Å². The van der Waals surface area contributed by atoms with Crippen LogP contribution in [0.3, 0.4) is 0 Å². The van der Waals surface area contributed by atoms with E-state index in [2.05, 4.69) is 106 Å². The molecular formula is C32H38O2. The van der Waals surface area contributed by atoms with Crippen molar-refractivity contribution in [3.63, 3.8) is 0 Å². The minimum absolute atomic E-state index is 0.101. The van der Waals surface area contributed by atoms with E-state index in [1.807, 2.05) is 0 Å². The number of allylic oxidation sites excluding steroid dienone is 1. The summed E-state index contributed by atoms with van der Waals surface area (Å²) in [6.45, 7) is 12.0. The molecule has 0 aliphatic heterocycles. The second-order valence-corrected chi connectivity index (χ2v) is 10.3. The third kappa shape index (κ3) is 6.11. The van der Waals surface area contributed by atoms with Gasteiger partial charge in [0.05, 0.1) is 6.61 Å². The molecule has 2 heteroatoms. The molecule has 1 aliphatic carbocycles. The number of aryl methyl sites for hydroxylation is 1. The van der Waals surface area contributed by atoms with E-state index in [0.29, 0.717) is 18.4 Å². The Bertz CT molecular complexity index is 1050. The summed E-state index contributed by atoms with van der Waals surface area (Å²) in [5.74, 6) is 3.22. The van der Waals surface area contributed by atoms with Crippen LogP contribution in [0.15, 0.2) is 85.5 Å². The van der Waals surface area contributed by atoms with Gasteiger partial charge >= 0.3 is 0 Å². The van der Waals surface area contributed by atoms with E-state index >= 15 is 0 Å². The fourth-order valence-electron chi connectivity index (χ4n) is 4.88. The second-order valence-electron chi connectivity index (χ2n) is 10.3. The van der Waals surface area contributed by atoms with Crippen LogP contribution in [-0.4, -0.2) is 6.61 Å². The predicted molar refractivity (Wildman–Crippen MR) is 142 cm³/mol. The van der Waals surface area contributed by atoms with E-state index in [-0.39, 0.29) is 5.41 Å². The molecule has 3 aromatic carbocycles. The molecule has 0 aromatic heterocycles. The van der Waals surface area contributed by atoms with Gasteiger partial charge in [-0.3, -0.25) is 0 Å². The van der Waals surface area contributed by atoms with Crippen LogP contribution in [0.25, 0.3) is 0 Å². The molecule has 0 bridgehead atoms. The van der Waals surface area contributed by atoms with Gasteiger partial charge in [0.1, 0.15) is 18.1 Å². The SMILES string of the molecule is C=CC1CCC(COc2ccc(C(C)(C)c3ccc(OCc4cccc(C)c4)cc3)cc2)CC1. The van der Waals surface area contributed by atoms with Gasteiger partial charge in [-0.15, -0.1) is 6.58 Å². The number of rotatable bonds is 9. The molecule has 0 spiro atoms. The minimum atomic E-state index is -0.101. The molecular weight excluding hydrogens is 416 g/mol. The first-order valence-electron chi connectivity index (χ1n) is 12.6. The lowest BCUT2D eigenvalue weighted by atomic mass is 9.78. The quantitative estimate of drug-likeness (QED) is 0.303. The van der Waals surface area contributed by atoms with Crippen LogP contribution in [0.4, 0.5) is 0 Å². The molecule has 1 fully saturated rings. The van der Waals surface area contributed by atoms with Crippen molar-refractivity contribution in [1.29, 1.82) is 0 Å². The molecule has 0 atom stereocenters. The minimum Gasteiger partial charge on any atom is -0.493 e. The van der Waals surface area contributed by atoms with Crippen LogP contribution < -0.4 is 9.47 Å². The van der Waals surface area contributed by atoms with Crippen molar-refractivity contribution >= 4 is 0 Å². The molecule has 2 nitrogen and oxygen atoms in total. The Morgan fingerprint density at radius 3 is 1.97 bits per heavy atom. The molecule has 0 radical (unpaired) electrons. The Morgan fingerprint density at radius 1 is 0.824 bits per heavy atom. The van der Waals surface area contributed by atoms with Gasteiger partial charge in [-0.2, -0.15) is 0 Å². The fraction of sp³-hybridized carbons (Fsp3) is 0.375. The summed E-state index contributed by atoms with van der Waals surface area (Å²) in [4.78, 5) is 0. The molecule has 4 rings (SSSR count). The zero-order chi connectivity index (χ0) is 24.0. The zero-order valence-electron chi connectivity index (χ0n) is 20.9. The van der Waals surface area contributed by atoms with Gasteiger partial charge in [0.2, 0.25) is 0 Å². The predicted octanol–water partition coefficient (Wildman–Crippen LogP) is 8.27. The highest BCUT2D eigenvalue weighted by Gasteiger charge is 2.23. The summed E-state index contributed by atoms with van der Waals surface area (Å²) in [6, 6.07) is 25.6. The number of hydrogen-bond acceptors (Lipinski definition) is 2. The number of ether oxygens (including phenoxy) is 2. The molecule has 0 unspecified atom stereocenters. The van der Waals surface area contributed by atoms with Crippen LogP contribution in [0, 0.1) is 18.8 Å². The standard InChI is InChI=1S/C32H38O2/c1-5-25-9-11-26(12-10-25)22-33-30-17-13-28(14-18-30)32(3,4)29-15-19-31(20-16-29)34-23-27-8-6-7-24(2)21-27/h5-8,13-21,25-26H,1,9-12,22-23H2,2-4H3. The zero-order valence-corrected chi connectivity index (χ0v) is 20.9. The summed E-state index contributed by atoms with van der Waals surface area (Å²) in [6.07, 6.45) is 7.10. The van der Waals surface area contributed by atoms with Crippen molar-refractivity contribution in [3.05, 3.63) is 108 Å². The van der Waals surface area contributed by atoms with Crippen LogP contribution in [-0.2, 0) is 12.0 Å². The Kier molecular flexibility index (Phi) is 7.77. The molecule has 1 saturated carbocycles. The molecule has 178 valence electrons. The van der Waals surface area contributed by atoms with E-state index in [1.165, 1.54) is 47.9 Å². The van der Waals surface area contributed by atoms with Crippen molar-refractivity contribution in [2.24, 2.45) is 11.8 Å². The summed E-state index contributed by atoms with van der Waals surface area (Å²) < 4.78 is 12.1. The average Bonchev–Trinajstić information content (AvgIpc) is 2.87. The van der Waals surface area contributed by atoms with E-state index in [1.54, 1.807) is 0 Å². The van der Waals surface area contributed by atoms with E-state index in [9.17, 15) is 0 Å². The van der Waals surface area contributed by atoms with Gasteiger partial charge in [-0.25, -0.2) is 0 Å². The highest BCUT2D eigenvalue weighted by Crippen LogP contribution is 2.34. The molecule has 0 heterocycles. The Morgan fingerprint density at radius 2 is 1.41 bits per heavy atom. The second kappa shape index (κ2) is 11.0. The third-order valence-corrected chi connectivity index (χ3v) is 7.35. The maximum absolute atomic E-state index is 6.13. The lowest BCUT2D eigenvalue weighted by molar-refractivity contribution is 0.194. The maximum Gasteiger partial charge on any atom is 0.119 e. The monoisotopic (exact) mass is 454 g/mol. The fourth-order valence-corrected chi connectivity index (χ4v) is 4.88. The molecule has 3 aromatic rings. The molecule has 1 aliphatic rings. The first-order chi connectivity index (χ1) is 16.4. The lowest BCUT2D eigenvalue weighted by Crippen LogP contribution is -2.20. The van der Waals surface area contributed by atoms with Crippen molar-refractivity contribution in [2.45, 2.75) is 58.5 Å². The molecule has 34 heavy (non-hydrogen) atoms. The Balaban J connectivity index is 1.32. The topological polar surface area (TPSA) is 18.5 Å². The van der Waals surface area contributed by atoms with Crippen molar-refractivity contribution < 1.29 is 9.47 Å². The lowest BCUT2D eigenvalue weighted by Gasteiger charge is -2.27. The van der Waals surface area contributed by atoms with Crippen LogP contribution >= 0.6 is 0 Å². The van der Waals surface area contributed by atoms with Gasteiger partial charge in [0.25, 0.3) is 0 Å². The Labute approximate surface area is 205 Å². The summed E-state index contributed by atoms with van der Waals surface area (Å²) in [7, 11) is 0. The van der Waals surface area contributed by atoms with Crippen LogP contribution in [0.2, 0.25) is 0 Å². The van der Waals surface area contributed by atoms with Crippen LogP contribution in [0.5, 0.6) is 11.5 Å². The van der Waals surface area contributed by atoms with E-state index < -0.39 is 0 Å². The van der Waals surface area contributed by atoms with Crippen molar-refractivity contribution in [1.82, 2.24) is 0 Å². The first-order valence-corrected chi connectivity index (χ1v) is 12.6. The largest absolute Gasteiger partial charge is 0.493 e. The van der Waals surface area contributed by atoms with E-state index in [0.717, 1.165) is 18.1 Å². The number of hydrogen-bond donors (Lipinski definition) is 0. The highest BCUT2D eigenvalue weighted by atomic mass is 16.5. The normalized spacial score (nSPS) is 18.3. The average molecular weight is 455 g/mol. The summed E-state index contributed by atoms with van der Waals surface area (Å²) in [5, 5.41) is 0. The first kappa shape index (κ1) is 24.1. The van der Waals surface area contributed by atoms with Gasteiger partial charge in [0, 0.05) is 5.41 Å². The van der Waals surface area contributed by atoms with Gasteiger partial charge < -0.3 is 9.47 Å². The number of benzene rings is 3. The Hall–Kier alpha value is -3.00. The van der Waals surface area contributed by atoms with Gasteiger partial charge in [-0.05, 0) is 85.4 Å². The summed E-state index contributed by atoms with van der Waals surface area (Å²) >= 11 is 0.